The van der Waals surface area contributed by atoms with Crippen LogP contribution in [0.3, 0.4) is 0 Å². The van der Waals surface area contributed by atoms with Crippen LogP contribution in [0.15, 0.2) is 29.2 Å². The summed E-state index contributed by atoms with van der Waals surface area (Å²) in [4.78, 5) is 0.197. The Morgan fingerprint density at radius 1 is 1.30 bits per heavy atom. The summed E-state index contributed by atoms with van der Waals surface area (Å²) in [5.41, 5.74) is 5.45. The number of nitrogens with two attached hydrogens (primary N) is 1. The molecule has 5 nitrogen and oxygen atoms in total. The Morgan fingerprint density at radius 2 is 1.90 bits per heavy atom. The molecule has 0 fully saturated rings. The molecule has 0 aromatic heterocycles. The van der Waals surface area contributed by atoms with E-state index < -0.39 is 15.6 Å². The zero-order chi connectivity index (χ0) is 15.2. The number of methoxy groups -OCH3 is 1. The number of ether oxygens (including phenoxy) is 1. The minimum atomic E-state index is -3.54. The molecular formula is C14H20N2O3S. The molecule has 0 heterocycles. The molecule has 0 unspecified atom stereocenters. The van der Waals surface area contributed by atoms with E-state index in [0.29, 0.717) is 0 Å². The quantitative estimate of drug-likeness (QED) is 0.784. The average molecular weight is 296 g/mol. The lowest BCUT2D eigenvalue weighted by Gasteiger charge is -2.23. The average Bonchev–Trinajstić information content (AvgIpc) is 2.44. The zero-order valence-corrected chi connectivity index (χ0v) is 12.8. The molecule has 0 aliphatic rings. The normalized spacial score (nSPS) is 11.8. The number of sulfonamides is 1. The van der Waals surface area contributed by atoms with Crippen LogP contribution in [-0.4, -0.2) is 34.2 Å². The summed E-state index contributed by atoms with van der Waals surface area (Å²) in [5, 5.41) is 0. The Morgan fingerprint density at radius 3 is 2.40 bits per heavy atom. The van der Waals surface area contributed by atoms with Crippen LogP contribution in [-0.2, 0) is 14.8 Å². The van der Waals surface area contributed by atoms with Gasteiger partial charge in [-0.1, -0.05) is 11.8 Å². The summed E-state index contributed by atoms with van der Waals surface area (Å²) in [6.45, 7) is 4.08. The van der Waals surface area contributed by atoms with Crippen molar-refractivity contribution >= 4 is 10.0 Å². The molecule has 20 heavy (non-hydrogen) atoms. The van der Waals surface area contributed by atoms with Crippen LogP contribution in [0.2, 0.25) is 0 Å². The maximum atomic E-state index is 12.1. The van der Waals surface area contributed by atoms with Crippen LogP contribution >= 0.6 is 0 Å². The van der Waals surface area contributed by atoms with E-state index >= 15 is 0 Å². The molecule has 3 N–H and O–H groups in total. The van der Waals surface area contributed by atoms with Crippen molar-refractivity contribution in [2.24, 2.45) is 5.73 Å². The first-order valence-corrected chi connectivity index (χ1v) is 7.63. The lowest BCUT2D eigenvalue weighted by Crippen LogP contribution is -2.39. The SMILES string of the molecule is COC(C)(C)CNS(=O)(=O)c1ccc(C#CCN)cc1. The fourth-order valence-electron chi connectivity index (χ4n) is 1.29. The van der Waals surface area contributed by atoms with E-state index in [0.717, 1.165) is 5.56 Å². The molecule has 0 saturated carbocycles. The second kappa shape index (κ2) is 6.86. The molecular weight excluding hydrogens is 276 g/mol. The van der Waals surface area contributed by atoms with Crippen LogP contribution < -0.4 is 10.5 Å². The summed E-state index contributed by atoms with van der Waals surface area (Å²) in [6.07, 6.45) is 0. The second-order valence-corrected chi connectivity index (χ2v) is 6.59. The molecule has 1 aromatic rings. The number of hydrogen-bond donors (Lipinski definition) is 2. The molecule has 0 spiro atoms. The third kappa shape index (κ3) is 4.94. The molecule has 6 heteroatoms. The van der Waals surface area contributed by atoms with E-state index in [1.54, 1.807) is 33.1 Å². The maximum absolute atomic E-state index is 12.1. The number of rotatable bonds is 5. The Kier molecular flexibility index (Phi) is 5.72. The number of nitrogens with one attached hydrogen (secondary N) is 1. The predicted molar refractivity (Wildman–Crippen MR) is 78.7 cm³/mol. The molecule has 0 amide bonds. The molecule has 0 radical (unpaired) electrons. The van der Waals surface area contributed by atoms with E-state index in [-0.39, 0.29) is 18.0 Å². The molecule has 0 aliphatic carbocycles. The van der Waals surface area contributed by atoms with Gasteiger partial charge in [-0.25, -0.2) is 13.1 Å². The minimum Gasteiger partial charge on any atom is -0.377 e. The smallest absolute Gasteiger partial charge is 0.240 e. The highest BCUT2D eigenvalue weighted by atomic mass is 32.2. The van der Waals surface area contributed by atoms with Gasteiger partial charge < -0.3 is 10.5 Å². The summed E-state index contributed by atoms with van der Waals surface area (Å²) < 4.78 is 31.9. The molecule has 1 rings (SSSR count). The van der Waals surface area contributed by atoms with Crippen molar-refractivity contribution < 1.29 is 13.2 Å². The van der Waals surface area contributed by atoms with Crippen molar-refractivity contribution in [3.63, 3.8) is 0 Å². The van der Waals surface area contributed by atoms with Crippen molar-refractivity contribution in [1.29, 1.82) is 0 Å². The van der Waals surface area contributed by atoms with Gasteiger partial charge in [-0.15, -0.1) is 0 Å². The van der Waals surface area contributed by atoms with Gasteiger partial charge in [-0.05, 0) is 38.1 Å². The van der Waals surface area contributed by atoms with Gasteiger partial charge in [0.25, 0.3) is 0 Å². The van der Waals surface area contributed by atoms with E-state index in [4.69, 9.17) is 10.5 Å². The van der Waals surface area contributed by atoms with Gasteiger partial charge in [0.2, 0.25) is 10.0 Å². The third-order valence-electron chi connectivity index (χ3n) is 2.74. The van der Waals surface area contributed by atoms with E-state index in [2.05, 4.69) is 16.6 Å². The summed E-state index contributed by atoms with van der Waals surface area (Å²) in [7, 11) is -2.00. The first kappa shape index (κ1) is 16.7. The first-order valence-electron chi connectivity index (χ1n) is 6.14. The van der Waals surface area contributed by atoms with Crippen LogP contribution in [0.25, 0.3) is 0 Å². The highest BCUT2D eigenvalue weighted by Gasteiger charge is 2.21. The van der Waals surface area contributed by atoms with Gasteiger partial charge >= 0.3 is 0 Å². The predicted octanol–water partition coefficient (Wildman–Crippen LogP) is 0.700. The van der Waals surface area contributed by atoms with Gasteiger partial charge in [-0.3, -0.25) is 0 Å². The Bertz CT molecular complexity index is 596. The van der Waals surface area contributed by atoms with Crippen LogP contribution in [0.5, 0.6) is 0 Å². The second-order valence-electron chi connectivity index (χ2n) is 4.82. The standard InChI is InChI=1S/C14H20N2O3S/c1-14(2,19-3)11-16-20(17,18)13-8-6-12(7-9-13)5-4-10-15/h6-9,16H,10-11,15H2,1-3H3. The first-order chi connectivity index (χ1) is 9.30. The fourth-order valence-corrected chi connectivity index (χ4v) is 2.49. The van der Waals surface area contributed by atoms with Gasteiger partial charge in [-0.2, -0.15) is 0 Å². The Labute approximate surface area is 120 Å². The lowest BCUT2D eigenvalue weighted by atomic mass is 10.1. The number of hydrogen-bond acceptors (Lipinski definition) is 4. The van der Waals surface area contributed by atoms with Crippen molar-refractivity contribution in [2.45, 2.75) is 24.3 Å². The third-order valence-corrected chi connectivity index (χ3v) is 4.16. The van der Waals surface area contributed by atoms with E-state index in [9.17, 15) is 8.42 Å². The summed E-state index contributed by atoms with van der Waals surface area (Å²) in [6, 6.07) is 6.34. The minimum absolute atomic E-state index is 0.195. The lowest BCUT2D eigenvalue weighted by molar-refractivity contribution is 0.0276. The Hall–Kier alpha value is -1.39. The van der Waals surface area contributed by atoms with Crippen molar-refractivity contribution in [1.82, 2.24) is 4.72 Å². The maximum Gasteiger partial charge on any atom is 0.240 e. The largest absolute Gasteiger partial charge is 0.377 e. The fraction of sp³-hybridized carbons (Fsp3) is 0.429. The van der Waals surface area contributed by atoms with Crippen molar-refractivity contribution in [2.75, 3.05) is 20.2 Å². The molecule has 0 aliphatic heterocycles. The van der Waals surface area contributed by atoms with Gasteiger partial charge in [0.15, 0.2) is 0 Å². The van der Waals surface area contributed by atoms with Gasteiger partial charge in [0, 0.05) is 19.2 Å². The van der Waals surface area contributed by atoms with E-state index in [1.165, 1.54) is 12.1 Å². The number of benzene rings is 1. The van der Waals surface area contributed by atoms with Crippen molar-refractivity contribution in [3.05, 3.63) is 29.8 Å². The van der Waals surface area contributed by atoms with E-state index in [1.807, 2.05) is 0 Å². The molecule has 110 valence electrons. The van der Waals surface area contributed by atoms with Crippen LogP contribution in [0, 0.1) is 11.8 Å². The topological polar surface area (TPSA) is 81.4 Å². The van der Waals surface area contributed by atoms with Gasteiger partial charge in [0.05, 0.1) is 17.0 Å². The molecule has 1 aromatic carbocycles. The summed E-state index contributed by atoms with van der Waals surface area (Å²) >= 11 is 0. The van der Waals surface area contributed by atoms with Crippen LogP contribution in [0.1, 0.15) is 19.4 Å². The van der Waals surface area contributed by atoms with Crippen LogP contribution in [0.4, 0.5) is 0 Å². The summed E-state index contributed by atoms with van der Waals surface area (Å²) in [5.74, 6) is 5.55. The molecule has 0 saturated heterocycles. The molecule has 0 atom stereocenters. The molecule has 0 bridgehead atoms. The highest BCUT2D eigenvalue weighted by molar-refractivity contribution is 7.89. The monoisotopic (exact) mass is 296 g/mol. The van der Waals surface area contributed by atoms with Crippen molar-refractivity contribution in [3.8, 4) is 11.8 Å². The Balaban J connectivity index is 2.83. The highest BCUT2D eigenvalue weighted by Crippen LogP contribution is 2.12. The van der Waals surface area contributed by atoms with Gasteiger partial charge in [0.1, 0.15) is 0 Å². The zero-order valence-electron chi connectivity index (χ0n) is 11.9.